The van der Waals surface area contributed by atoms with Crippen LogP contribution in [-0.2, 0) is 14.3 Å². The zero-order chi connectivity index (χ0) is 14.8. The summed E-state index contributed by atoms with van der Waals surface area (Å²) in [4.78, 5) is 24.3. The highest BCUT2D eigenvalue weighted by Gasteiger charge is 2.34. The molecule has 112 valence electrons. The molecule has 1 aromatic carbocycles. The van der Waals surface area contributed by atoms with Crippen LogP contribution in [0, 0.1) is 11.7 Å². The van der Waals surface area contributed by atoms with E-state index in [9.17, 15) is 14.0 Å². The highest BCUT2D eigenvalue weighted by atomic mass is 19.1. The molecule has 1 unspecified atom stereocenters. The summed E-state index contributed by atoms with van der Waals surface area (Å²) in [5, 5.41) is 2.84. The first-order valence-corrected chi connectivity index (χ1v) is 7.40. The average Bonchev–Trinajstić information content (AvgIpc) is 3.19. The summed E-state index contributed by atoms with van der Waals surface area (Å²) < 4.78 is 18.4. The van der Waals surface area contributed by atoms with Crippen LogP contribution in [-0.4, -0.2) is 17.9 Å². The molecule has 0 aliphatic heterocycles. The molecule has 0 radical (unpaired) electrons. The van der Waals surface area contributed by atoms with Gasteiger partial charge in [-0.25, -0.2) is 4.39 Å². The summed E-state index contributed by atoms with van der Waals surface area (Å²) >= 11 is 0. The summed E-state index contributed by atoms with van der Waals surface area (Å²) in [5.41, 5.74) is 0.502. The Hall–Kier alpha value is -1.91. The molecule has 2 aliphatic carbocycles. The maximum atomic E-state index is 13.0. The van der Waals surface area contributed by atoms with Gasteiger partial charge in [0.05, 0.1) is 5.92 Å². The van der Waals surface area contributed by atoms with Crippen LogP contribution in [0.15, 0.2) is 24.3 Å². The normalized spacial score (nSPS) is 19.5. The Kier molecular flexibility index (Phi) is 3.90. The van der Waals surface area contributed by atoms with Crippen molar-refractivity contribution >= 4 is 11.9 Å². The molecule has 21 heavy (non-hydrogen) atoms. The summed E-state index contributed by atoms with van der Waals surface area (Å²) in [7, 11) is 0. The molecule has 2 aliphatic rings. The molecule has 1 atom stereocenters. The van der Waals surface area contributed by atoms with Crippen LogP contribution in [0.3, 0.4) is 0 Å². The van der Waals surface area contributed by atoms with Crippen molar-refractivity contribution in [3.8, 4) is 0 Å². The van der Waals surface area contributed by atoms with Crippen molar-refractivity contribution in [1.29, 1.82) is 0 Å². The van der Waals surface area contributed by atoms with Crippen molar-refractivity contribution in [3.63, 3.8) is 0 Å². The van der Waals surface area contributed by atoms with Crippen LogP contribution in [0.4, 0.5) is 4.39 Å². The lowest BCUT2D eigenvalue weighted by atomic mass is 9.85. The van der Waals surface area contributed by atoms with E-state index in [0.717, 1.165) is 32.1 Å². The predicted molar refractivity (Wildman–Crippen MR) is 73.7 cm³/mol. The molecule has 2 fully saturated rings. The summed E-state index contributed by atoms with van der Waals surface area (Å²) in [6.07, 6.45) is 3.59. The molecule has 0 saturated heterocycles. The molecule has 0 spiro atoms. The summed E-state index contributed by atoms with van der Waals surface area (Å²) in [6, 6.07) is 5.69. The Morgan fingerprint density at radius 2 is 1.81 bits per heavy atom. The molecule has 1 amide bonds. The smallest absolute Gasteiger partial charge is 0.310 e. The average molecular weight is 291 g/mol. The van der Waals surface area contributed by atoms with Crippen LogP contribution in [0.25, 0.3) is 0 Å². The topological polar surface area (TPSA) is 55.4 Å². The molecule has 0 bridgehead atoms. The number of esters is 1. The van der Waals surface area contributed by atoms with Gasteiger partial charge in [0.1, 0.15) is 5.82 Å². The fourth-order valence-electron chi connectivity index (χ4n) is 2.27. The Morgan fingerprint density at radius 3 is 2.33 bits per heavy atom. The Balaban J connectivity index is 1.73. The van der Waals surface area contributed by atoms with E-state index in [1.807, 2.05) is 0 Å². The number of ether oxygens (including phenoxy) is 1. The second-order valence-electron chi connectivity index (χ2n) is 5.78. The number of carbonyl (C=O) groups excluding carboxylic acids is 2. The molecule has 3 rings (SSSR count). The van der Waals surface area contributed by atoms with Crippen LogP contribution < -0.4 is 5.32 Å². The summed E-state index contributed by atoms with van der Waals surface area (Å²) in [6.45, 7) is 0. The van der Waals surface area contributed by atoms with E-state index in [-0.39, 0.29) is 29.7 Å². The SMILES string of the molecule is O=C(OC(C(=O)NC1CC1)c1ccc(F)cc1)C1CCC1. The van der Waals surface area contributed by atoms with Gasteiger partial charge >= 0.3 is 5.97 Å². The van der Waals surface area contributed by atoms with Gasteiger partial charge in [0.15, 0.2) is 0 Å². The second kappa shape index (κ2) is 5.84. The highest BCUT2D eigenvalue weighted by molar-refractivity contribution is 5.86. The zero-order valence-electron chi connectivity index (χ0n) is 11.7. The van der Waals surface area contributed by atoms with Crippen LogP contribution in [0.2, 0.25) is 0 Å². The molecule has 0 heterocycles. The van der Waals surface area contributed by atoms with Crippen LogP contribution >= 0.6 is 0 Å². The minimum Gasteiger partial charge on any atom is -0.447 e. The monoisotopic (exact) mass is 291 g/mol. The first-order chi connectivity index (χ1) is 10.1. The number of benzene rings is 1. The van der Waals surface area contributed by atoms with Crippen LogP contribution in [0.5, 0.6) is 0 Å². The van der Waals surface area contributed by atoms with E-state index >= 15 is 0 Å². The first kappa shape index (κ1) is 14.0. The highest BCUT2D eigenvalue weighted by Crippen LogP contribution is 2.30. The standard InChI is InChI=1S/C16H18FNO3/c17-12-6-4-10(5-7-12)14(15(19)18-13-8-9-13)21-16(20)11-2-1-3-11/h4-7,11,13-14H,1-3,8-9H2,(H,18,19). The second-order valence-corrected chi connectivity index (χ2v) is 5.78. The van der Waals surface area contributed by atoms with Crippen molar-refractivity contribution in [2.75, 3.05) is 0 Å². The number of rotatable bonds is 5. The summed E-state index contributed by atoms with van der Waals surface area (Å²) in [5.74, 6) is -1.13. The third-order valence-electron chi connectivity index (χ3n) is 4.01. The van der Waals surface area contributed by atoms with E-state index < -0.39 is 6.10 Å². The number of nitrogens with one attached hydrogen (secondary N) is 1. The number of hydrogen-bond donors (Lipinski definition) is 1. The number of halogens is 1. The van der Waals surface area contributed by atoms with Gasteiger partial charge in [-0.3, -0.25) is 9.59 Å². The third kappa shape index (κ3) is 3.40. The zero-order valence-corrected chi connectivity index (χ0v) is 11.7. The lowest BCUT2D eigenvalue weighted by Crippen LogP contribution is -2.35. The molecule has 5 heteroatoms. The Bertz CT molecular complexity index is 535. The van der Waals surface area contributed by atoms with E-state index in [1.165, 1.54) is 24.3 Å². The predicted octanol–water partition coefficient (Wildman–Crippen LogP) is 2.49. The molecule has 4 nitrogen and oxygen atoms in total. The fraction of sp³-hybridized carbons (Fsp3) is 0.500. The number of carbonyl (C=O) groups is 2. The van der Waals surface area contributed by atoms with Crippen molar-refractivity contribution in [2.45, 2.75) is 44.2 Å². The minimum atomic E-state index is -0.987. The molecule has 1 N–H and O–H groups in total. The quantitative estimate of drug-likeness (QED) is 0.848. The van der Waals surface area contributed by atoms with Crippen molar-refractivity contribution < 1.29 is 18.7 Å². The maximum absolute atomic E-state index is 13.0. The van der Waals surface area contributed by atoms with Gasteiger partial charge in [0.2, 0.25) is 6.10 Å². The minimum absolute atomic E-state index is 0.0957. The molecular formula is C16H18FNO3. The molecule has 1 aromatic rings. The fourth-order valence-corrected chi connectivity index (χ4v) is 2.27. The van der Waals surface area contributed by atoms with E-state index in [1.54, 1.807) is 0 Å². The van der Waals surface area contributed by atoms with Gasteiger partial charge in [-0.05, 0) is 37.8 Å². The Morgan fingerprint density at radius 1 is 1.14 bits per heavy atom. The third-order valence-corrected chi connectivity index (χ3v) is 4.01. The molecule has 2 saturated carbocycles. The van der Waals surface area contributed by atoms with Gasteiger partial charge in [0, 0.05) is 11.6 Å². The van der Waals surface area contributed by atoms with E-state index in [0.29, 0.717) is 5.56 Å². The van der Waals surface area contributed by atoms with Crippen LogP contribution in [0.1, 0.15) is 43.8 Å². The number of amides is 1. The molecular weight excluding hydrogens is 273 g/mol. The van der Waals surface area contributed by atoms with Gasteiger partial charge in [-0.1, -0.05) is 18.6 Å². The van der Waals surface area contributed by atoms with Gasteiger partial charge in [0.25, 0.3) is 5.91 Å². The number of hydrogen-bond acceptors (Lipinski definition) is 3. The van der Waals surface area contributed by atoms with Gasteiger partial charge in [-0.2, -0.15) is 0 Å². The lowest BCUT2D eigenvalue weighted by Gasteiger charge is -2.26. The maximum Gasteiger partial charge on any atom is 0.310 e. The van der Waals surface area contributed by atoms with Crippen molar-refractivity contribution in [1.82, 2.24) is 5.32 Å². The van der Waals surface area contributed by atoms with Gasteiger partial charge in [-0.15, -0.1) is 0 Å². The van der Waals surface area contributed by atoms with Crippen molar-refractivity contribution in [2.24, 2.45) is 5.92 Å². The first-order valence-electron chi connectivity index (χ1n) is 7.40. The molecule has 0 aromatic heterocycles. The Labute approximate surface area is 122 Å². The lowest BCUT2D eigenvalue weighted by molar-refractivity contribution is -0.162. The largest absolute Gasteiger partial charge is 0.447 e. The van der Waals surface area contributed by atoms with E-state index in [2.05, 4.69) is 5.32 Å². The van der Waals surface area contributed by atoms with Crippen molar-refractivity contribution in [3.05, 3.63) is 35.6 Å². The van der Waals surface area contributed by atoms with Gasteiger partial charge < -0.3 is 10.1 Å². The van der Waals surface area contributed by atoms with E-state index in [4.69, 9.17) is 4.74 Å².